The standard InChI is InChI=1S/C29H22Br2O/c30-19-11-13-21-23(15-19)24-16-20(31)12-14-22(24)28-26(18-9-5-2-6-10-18)29(32)25(27(21)28)17-7-3-1-4-8-17/h1,3-5,7-16,25-28H,2,6H2. The fraction of sp³-hybridized carbons (Fsp3) is 0.207. The number of carbonyl (C=O) groups excluding carboxylic acids is 1. The van der Waals surface area contributed by atoms with Crippen LogP contribution in [0.4, 0.5) is 0 Å². The second-order valence-electron chi connectivity index (χ2n) is 8.97. The van der Waals surface area contributed by atoms with Crippen LogP contribution < -0.4 is 0 Å². The molecule has 4 atom stereocenters. The Morgan fingerprint density at radius 1 is 0.719 bits per heavy atom. The summed E-state index contributed by atoms with van der Waals surface area (Å²) in [5.74, 6) is 0.368. The molecular weight excluding hydrogens is 524 g/mol. The highest BCUT2D eigenvalue weighted by molar-refractivity contribution is 9.10. The molecule has 0 amide bonds. The lowest BCUT2D eigenvalue weighted by Gasteiger charge is -2.35. The van der Waals surface area contributed by atoms with E-state index in [9.17, 15) is 4.79 Å². The number of fused-ring (bicyclic) bond motifs is 6. The van der Waals surface area contributed by atoms with E-state index in [1.54, 1.807) is 0 Å². The molecular formula is C29H22Br2O. The maximum absolute atomic E-state index is 14.2. The summed E-state index contributed by atoms with van der Waals surface area (Å²) in [6.07, 6.45) is 8.79. The van der Waals surface area contributed by atoms with Crippen molar-refractivity contribution in [2.45, 2.75) is 30.6 Å². The highest BCUT2D eigenvalue weighted by Gasteiger charge is 2.54. The van der Waals surface area contributed by atoms with Crippen LogP contribution in [0.1, 0.15) is 47.3 Å². The SMILES string of the molecule is O=C1C(C2=CCCC=C2)C2c3ccc(Br)cc3-c3cc(Br)ccc3C2C1c1ccccc1. The summed E-state index contributed by atoms with van der Waals surface area (Å²) in [5.41, 5.74) is 7.38. The Labute approximate surface area is 205 Å². The van der Waals surface area contributed by atoms with Gasteiger partial charge in [0.1, 0.15) is 5.78 Å². The third-order valence-electron chi connectivity index (χ3n) is 7.30. The lowest BCUT2D eigenvalue weighted by atomic mass is 9.67. The van der Waals surface area contributed by atoms with Crippen molar-refractivity contribution in [1.29, 1.82) is 0 Å². The second kappa shape index (κ2) is 7.97. The van der Waals surface area contributed by atoms with Crippen LogP contribution in [0, 0.1) is 5.92 Å². The molecule has 0 saturated heterocycles. The number of ketones is 1. The van der Waals surface area contributed by atoms with Gasteiger partial charge in [0.15, 0.2) is 0 Å². The van der Waals surface area contributed by atoms with Crippen LogP contribution in [0.5, 0.6) is 0 Å². The number of halogens is 2. The number of hydrogen-bond donors (Lipinski definition) is 0. The molecule has 3 aliphatic rings. The smallest absolute Gasteiger partial charge is 0.149 e. The number of benzene rings is 3. The highest BCUT2D eigenvalue weighted by atomic mass is 79.9. The monoisotopic (exact) mass is 544 g/mol. The number of carbonyl (C=O) groups is 1. The van der Waals surface area contributed by atoms with E-state index in [0.717, 1.165) is 27.4 Å². The van der Waals surface area contributed by atoms with Gasteiger partial charge in [-0.25, -0.2) is 0 Å². The molecule has 3 aromatic carbocycles. The molecule has 0 bridgehead atoms. The minimum absolute atomic E-state index is 0.113. The Hall–Kier alpha value is -2.23. The van der Waals surface area contributed by atoms with E-state index in [-0.39, 0.29) is 23.7 Å². The quantitative estimate of drug-likeness (QED) is 0.316. The van der Waals surface area contributed by atoms with Gasteiger partial charge in [-0.1, -0.05) is 92.6 Å². The molecule has 0 spiro atoms. The minimum Gasteiger partial charge on any atom is -0.298 e. The molecule has 1 saturated carbocycles. The fourth-order valence-corrected chi connectivity index (χ4v) is 6.80. The van der Waals surface area contributed by atoms with E-state index >= 15 is 0 Å². The van der Waals surface area contributed by atoms with Crippen molar-refractivity contribution in [3.05, 3.63) is 116 Å². The number of allylic oxidation sites excluding steroid dienone is 4. The third kappa shape index (κ3) is 3.13. The molecule has 0 aliphatic heterocycles. The van der Waals surface area contributed by atoms with E-state index < -0.39 is 0 Å². The first kappa shape index (κ1) is 20.4. The van der Waals surface area contributed by atoms with E-state index in [2.05, 4.69) is 111 Å². The van der Waals surface area contributed by atoms with Crippen molar-refractivity contribution in [2.75, 3.05) is 0 Å². The zero-order valence-electron chi connectivity index (χ0n) is 17.5. The van der Waals surface area contributed by atoms with Crippen molar-refractivity contribution in [3.63, 3.8) is 0 Å². The van der Waals surface area contributed by atoms with Gasteiger partial charge in [0.2, 0.25) is 0 Å². The largest absolute Gasteiger partial charge is 0.298 e. The molecule has 6 rings (SSSR count). The highest BCUT2D eigenvalue weighted by Crippen LogP contribution is 2.62. The number of rotatable bonds is 2. The first-order valence-electron chi connectivity index (χ1n) is 11.2. The van der Waals surface area contributed by atoms with E-state index in [4.69, 9.17) is 0 Å². The van der Waals surface area contributed by atoms with Crippen molar-refractivity contribution in [1.82, 2.24) is 0 Å². The van der Waals surface area contributed by atoms with Crippen LogP contribution in [-0.2, 0) is 4.79 Å². The number of hydrogen-bond acceptors (Lipinski definition) is 1. The summed E-state index contributed by atoms with van der Waals surface area (Å²) in [5, 5.41) is 0. The molecule has 0 radical (unpaired) electrons. The summed E-state index contributed by atoms with van der Waals surface area (Å²) < 4.78 is 2.13. The van der Waals surface area contributed by atoms with Crippen molar-refractivity contribution in [2.24, 2.45) is 5.92 Å². The molecule has 0 aromatic heterocycles. The van der Waals surface area contributed by atoms with Crippen LogP contribution in [0.3, 0.4) is 0 Å². The topological polar surface area (TPSA) is 17.1 Å². The summed E-state index contributed by atoms with van der Waals surface area (Å²) in [6.45, 7) is 0. The van der Waals surface area contributed by atoms with Crippen molar-refractivity contribution < 1.29 is 4.79 Å². The first-order chi connectivity index (χ1) is 15.6. The van der Waals surface area contributed by atoms with Crippen LogP contribution in [-0.4, -0.2) is 5.78 Å². The Bertz CT molecular complexity index is 1290. The lowest BCUT2D eigenvalue weighted by molar-refractivity contribution is -0.121. The van der Waals surface area contributed by atoms with Gasteiger partial charge in [-0.05, 0) is 70.5 Å². The van der Waals surface area contributed by atoms with E-state index in [1.807, 2.05) is 6.07 Å². The Balaban J connectivity index is 1.64. The summed E-state index contributed by atoms with van der Waals surface area (Å²) >= 11 is 7.37. The molecule has 32 heavy (non-hydrogen) atoms. The average Bonchev–Trinajstić information content (AvgIpc) is 3.13. The minimum atomic E-state index is -0.140. The third-order valence-corrected chi connectivity index (χ3v) is 8.29. The van der Waals surface area contributed by atoms with Crippen LogP contribution in [0.25, 0.3) is 11.1 Å². The normalized spacial score (nSPS) is 25.7. The zero-order valence-corrected chi connectivity index (χ0v) is 20.6. The summed E-state index contributed by atoms with van der Waals surface area (Å²) in [4.78, 5) is 14.2. The van der Waals surface area contributed by atoms with Gasteiger partial charge in [-0.3, -0.25) is 4.79 Å². The maximum atomic E-state index is 14.2. The molecule has 0 N–H and O–H groups in total. The zero-order chi connectivity index (χ0) is 21.8. The van der Waals surface area contributed by atoms with Crippen LogP contribution >= 0.6 is 31.9 Å². The lowest BCUT2D eigenvalue weighted by Crippen LogP contribution is -2.21. The molecule has 4 unspecified atom stereocenters. The molecule has 158 valence electrons. The number of Topliss-reactive ketones (excluding diaryl/α,β-unsaturated/α-hetero) is 1. The van der Waals surface area contributed by atoms with Crippen LogP contribution in [0.2, 0.25) is 0 Å². The first-order valence-corrected chi connectivity index (χ1v) is 12.8. The molecule has 3 aliphatic carbocycles. The second-order valence-corrected chi connectivity index (χ2v) is 10.8. The molecule has 1 fully saturated rings. The van der Waals surface area contributed by atoms with Crippen LogP contribution in [0.15, 0.2) is 99.5 Å². The fourth-order valence-electron chi connectivity index (χ4n) is 6.08. The summed E-state index contributed by atoms with van der Waals surface area (Å²) in [6, 6.07) is 23.6. The Kier molecular flexibility index (Phi) is 5.07. The molecule has 3 aromatic rings. The van der Waals surface area contributed by atoms with Crippen molar-refractivity contribution in [3.8, 4) is 11.1 Å². The average molecular weight is 546 g/mol. The molecule has 3 heteroatoms. The molecule has 1 nitrogen and oxygen atoms in total. The molecule has 0 heterocycles. The van der Waals surface area contributed by atoms with E-state index in [1.165, 1.54) is 27.8 Å². The maximum Gasteiger partial charge on any atom is 0.149 e. The van der Waals surface area contributed by atoms with Crippen molar-refractivity contribution >= 4 is 37.6 Å². The van der Waals surface area contributed by atoms with Gasteiger partial charge in [-0.2, -0.15) is 0 Å². The van der Waals surface area contributed by atoms with E-state index in [0.29, 0.717) is 5.78 Å². The van der Waals surface area contributed by atoms with Gasteiger partial charge in [0.05, 0.1) is 11.8 Å². The Morgan fingerprint density at radius 3 is 1.94 bits per heavy atom. The van der Waals surface area contributed by atoms with Gasteiger partial charge in [0, 0.05) is 20.8 Å². The van der Waals surface area contributed by atoms with Gasteiger partial charge < -0.3 is 0 Å². The predicted octanol–water partition coefficient (Wildman–Crippen LogP) is 8.32. The van der Waals surface area contributed by atoms with Gasteiger partial charge >= 0.3 is 0 Å². The van der Waals surface area contributed by atoms with Gasteiger partial charge in [0.25, 0.3) is 0 Å². The van der Waals surface area contributed by atoms with Gasteiger partial charge in [-0.15, -0.1) is 0 Å². The predicted molar refractivity (Wildman–Crippen MR) is 137 cm³/mol. The Morgan fingerprint density at radius 2 is 1.34 bits per heavy atom. The summed E-state index contributed by atoms with van der Waals surface area (Å²) in [7, 11) is 0.